The Kier molecular flexibility index (Phi) is 6.17. The number of carbonyl (C=O) groups excluding carboxylic acids is 2. The number of para-hydroxylation sites is 2. The van der Waals surface area contributed by atoms with Crippen molar-refractivity contribution in [3.05, 3.63) is 69.3 Å². The molecule has 1 aliphatic heterocycles. The van der Waals surface area contributed by atoms with Gasteiger partial charge in [0.1, 0.15) is 11.5 Å². The average molecular weight is 457 g/mol. The summed E-state index contributed by atoms with van der Waals surface area (Å²) in [6, 6.07) is 12.5. The van der Waals surface area contributed by atoms with Gasteiger partial charge in [0.15, 0.2) is 0 Å². The molecule has 0 spiro atoms. The molecule has 7 heteroatoms. The van der Waals surface area contributed by atoms with E-state index in [1.54, 1.807) is 38.3 Å². The second kappa shape index (κ2) is 8.85. The summed E-state index contributed by atoms with van der Waals surface area (Å²) in [6.07, 6.45) is 1.95. The van der Waals surface area contributed by atoms with Crippen molar-refractivity contribution in [3.63, 3.8) is 0 Å². The number of hydrogen-bond donors (Lipinski definition) is 1. The van der Waals surface area contributed by atoms with Crippen molar-refractivity contribution < 1.29 is 14.3 Å². The molecule has 0 bridgehead atoms. The molecule has 1 saturated carbocycles. The minimum Gasteiger partial charge on any atom is -0.495 e. The van der Waals surface area contributed by atoms with Gasteiger partial charge < -0.3 is 10.1 Å². The topological polar surface area (TPSA) is 67.8 Å². The number of allylic oxidation sites excluding steroid dienone is 1. The second-order valence-electron chi connectivity index (χ2n) is 7.67. The van der Waals surface area contributed by atoms with E-state index in [0.717, 1.165) is 18.6 Å². The molecule has 160 valence electrons. The predicted octanol–water partition coefficient (Wildman–Crippen LogP) is 5.82. The van der Waals surface area contributed by atoms with Crippen LogP contribution >= 0.6 is 23.2 Å². The maximum Gasteiger partial charge on any atom is 0.254 e. The van der Waals surface area contributed by atoms with Crippen LogP contribution in [0.5, 0.6) is 5.75 Å². The van der Waals surface area contributed by atoms with Crippen molar-refractivity contribution in [2.75, 3.05) is 12.4 Å². The Morgan fingerprint density at radius 2 is 1.87 bits per heavy atom. The van der Waals surface area contributed by atoms with Crippen molar-refractivity contribution >= 4 is 46.3 Å². The van der Waals surface area contributed by atoms with E-state index in [2.05, 4.69) is 10.3 Å². The van der Waals surface area contributed by atoms with Crippen LogP contribution in [-0.4, -0.2) is 24.5 Å². The van der Waals surface area contributed by atoms with E-state index >= 15 is 0 Å². The van der Waals surface area contributed by atoms with Crippen molar-refractivity contribution in [3.8, 4) is 5.75 Å². The van der Waals surface area contributed by atoms with Gasteiger partial charge >= 0.3 is 0 Å². The Hall–Kier alpha value is -2.63. The molecule has 0 radical (unpaired) electrons. The minimum absolute atomic E-state index is 0.0705. The van der Waals surface area contributed by atoms with Gasteiger partial charge in [0.2, 0.25) is 0 Å². The molecule has 1 amide bonds. The highest BCUT2D eigenvalue weighted by atomic mass is 35.5. The summed E-state index contributed by atoms with van der Waals surface area (Å²) >= 11 is 12.9. The van der Waals surface area contributed by atoms with E-state index in [9.17, 15) is 9.59 Å². The van der Waals surface area contributed by atoms with Gasteiger partial charge in [-0.05, 0) is 43.5 Å². The number of methoxy groups -OCH3 is 1. The Balaban J connectivity index is 1.84. The number of rotatable bonds is 4. The van der Waals surface area contributed by atoms with Crippen LogP contribution in [0.1, 0.15) is 37.7 Å². The summed E-state index contributed by atoms with van der Waals surface area (Å²) in [5, 5.41) is 3.66. The Morgan fingerprint density at radius 1 is 1.10 bits per heavy atom. The molecule has 2 aromatic rings. The highest BCUT2D eigenvalue weighted by Gasteiger charge is 2.44. The van der Waals surface area contributed by atoms with Crippen LogP contribution in [0.15, 0.2) is 58.7 Å². The number of aliphatic imine (C=N–C) groups is 1. The molecule has 2 atom stereocenters. The molecule has 1 N–H and O–H groups in total. The zero-order valence-electron chi connectivity index (χ0n) is 17.2. The minimum atomic E-state index is -0.554. The first-order valence-electron chi connectivity index (χ1n) is 10.1. The van der Waals surface area contributed by atoms with Crippen LogP contribution < -0.4 is 10.1 Å². The maximum atomic E-state index is 13.5. The monoisotopic (exact) mass is 456 g/mol. The molecular formula is C24H22Cl2N2O3. The van der Waals surface area contributed by atoms with Crippen molar-refractivity contribution in [1.29, 1.82) is 0 Å². The number of nitrogens with zero attached hydrogens (tertiary/aromatic N) is 1. The van der Waals surface area contributed by atoms with Crippen LogP contribution in [0, 0.1) is 5.92 Å². The highest BCUT2D eigenvalue weighted by molar-refractivity contribution is 6.42. The SMILES string of the molecule is COc1ccccc1NC(=O)C1=C(C)N=C2CCCC(=O)[C@H]2[C@@H]1c1cccc(Cl)c1Cl. The number of ketones is 1. The van der Waals surface area contributed by atoms with Gasteiger partial charge in [-0.15, -0.1) is 0 Å². The van der Waals surface area contributed by atoms with Gasteiger partial charge in [0.25, 0.3) is 5.91 Å². The fraction of sp³-hybridized carbons (Fsp3) is 0.292. The first-order chi connectivity index (χ1) is 14.9. The predicted molar refractivity (Wildman–Crippen MR) is 123 cm³/mol. The fourth-order valence-electron chi connectivity index (χ4n) is 4.45. The van der Waals surface area contributed by atoms with E-state index in [0.29, 0.717) is 44.7 Å². The van der Waals surface area contributed by atoms with Gasteiger partial charge in [0.05, 0.1) is 28.8 Å². The lowest BCUT2D eigenvalue weighted by atomic mass is 9.69. The van der Waals surface area contributed by atoms with E-state index in [4.69, 9.17) is 27.9 Å². The summed E-state index contributed by atoms with van der Waals surface area (Å²) in [5.74, 6) is -0.807. The number of nitrogens with one attached hydrogen (secondary N) is 1. The van der Waals surface area contributed by atoms with E-state index in [1.807, 2.05) is 18.2 Å². The molecule has 1 heterocycles. The smallest absolute Gasteiger partial charge is 0.254 e. The summed E-state index contributed by atoms with van der Waals surface area (Å²) in [4.78, 5) is 31.2. The van der Waals surface area contributed by atoms with Gasteiger partial charge in [0, 0.05) is 29.3 Å². The molecule has 0 saturated heterocycles. The number of fused-ring (bicyclic) bond motifs is 1. The number of hydrogen-bond acceptors (Lipinski definition) is 4. The van der Waals surface area contributed by atoms with Crippen molar-refractivity contribution in [1.82, 2.24) is 0 Å². The molecule has 2 aromatic carbocycles. The van der Waals surface area contributed by atoms with Gasteiger partial charge in [-0.1, -0.05) is 47.5 Å². The first kappa shape index (κ1) is 21.6. The number of ether oxygens (including phenoxy) is 1. The number of carbonyl (C=O) groups is 2. The second-order valence-corrected chi connectivity index (χ2v) is 8.46. The molecule has 1 fully saturated rings. The van der Waals surface area contributed by atoms with E-state index < -0.39 is 11.8 Å². The molecule has 31 heavy (non-hydrogen) atoms. The quantitative estimate of drug-likeness (QED) is 0.629. The van der Waals surface area contributed by atoms with Gasteiger partial charge in [-0.25, -0.2) is 0 Å². The van der Waals surface area contributed by atoms with Crippen LogP contribution in [-0.2, 0) is 9.59 Å². The van der Waals surface area contributed by atoms with Crippen molar-refractivity contribution in [2.24, 2.45) is 10.9 Å². The Morgan fingerprint density at radius 3 is 2.65 bits per heavy atom. The average Bonchev–Trinajstić information content (AvgIpc) is 2.75. The standard InChI is InChI=1S/C24H22Cl2N2O3/c1-13-20(24(30)28-16-9-3-4-12-19(16)31-2)21(14-7-5-8-15(25)23(14)26)22-17(27-13)10-6-11-18(22)29/h3-5,7-9,12,21-22H,6,10-11H2,1-2H3,(H,28,30)/t21-,22+/m1/s1. The van der Waals surface area contributed by atoms with Gasteiger partial charge in [-0.2, -0.15) is 0 Å². The summed E-state index contributed by atoms with van der Waals surface area (Å²) in [7, 11) is 1.54. The zero-order chi connectivity index (χ0) is 22.1. The molecule has 0 aromatic heterocycles. The van der Waals surface area contributed by atoms with E-state index in [1.165, 1.54) is 0 Å². The third-order valence-electron chi connectivity index (χ3n) is 5.82. The highest BCUT2D eigenvalue weighted by Crippen LogP contribution is 2.46. The largest absolute Gasteiger partial charge is 0.495 e. The summed E-state index contributed by atoms with van der Waals surface area (Å²) < 4.78 is 5.36. The fourth-order valence-corrected chi connectivity index (χ4v) is 4.88. The third kappa shape index (κ3) is 4.00. The number of amides is 1. The lowest BCUT2D eigenvalue weighted by Crippen LogP contribution is -2.39. The summed E-state index contributed by atoms with van der Waals surface area (Å²) in [6.45, 7) is 1.80. The number of Topliss-reactive ketones (excluding diaryl/α,β-unsaturated/α-hetero) is 1. The summed E-state index contributed by atoms with van der Waals surface area (Å²) in [5.41, 5.74) is 3.00. The zero-order valence-corrected chi connectivity index (χ0v) is 18.8. The normalized spacial score (nSPS) is 20.8. The number of anilines is 1. The van der Waals surface area contributed by atoms with Gasteiger partial charge in [-0.3, -0.25) is 14.6 Å². The van der Waals surface area contributed by atoms with Crippen LogP contribution in [0.25, 0.3) is 0 Å². The molecule has 5 nitrogen and oxygen atoms in total. The molecule has 0 unspecified atom stereocenters. The van der Waals surface area contributed by atoms with Crippen LogP contribution in [0.2, 0.25) is 10.0 Å². The Labute approximate surface area is 191 Å². The third-order valence-corrected chi connectivity index (χ3v) is 6.66. The lowest BCUT2D eigenvalue weighted by molar-refractivity contribution is -0.122. The first-order valence-corrected chi connectivity index (χ1v) is 10.9. The van der Waals surface area contributed by atoms with E-state index in [-0.39, 0.29) is 11.7 Å². The van der Waals surface area contributed by atoms with Crippen LogP contribution in [0.3, 0.4) is 0 Å². The van der Waals surface area contributed by atoms with Crippen LogP contribution in [0.4, 0.5) is 5.69 Å². The molecule has 4 rings (SSSR count). The molecule has 2 aliphatic rings. The molecule has 1 aliphatic carbocycles. The number of halogens is 2. The molecular weight excluding hydrogens is 435 g/mol. The lowest BCUT2D eigenvalue weighted by Gasteiger charge is -2.36. The number of benzene rings is 2. The maximum absolute atomic E-state index is 13.5. The van der Waals surface area contributed by atoms with Crippen molar-refractivity contribution in [2.45, 2.75) is 32.1 Å². The Bertz CT molecular complexity index is 1120.